The van der Waals surface area contributed by atoms with Gasteiger partial charge >= 0.3 is 5.97 Å². The second-order valence-corrected chi connectivity index (χ2v) is 5.90. The zero-order valence-electron chi connectivity index (χ0n) is 14.1. The molecule has 0 aromatic heterocycles. The van der Waals surface area contributed by atoms with Crippen LogP contribution in [0.5, 0.6) is 5.75 Å². The van der Waals surface area contributed by atoms with Crippen LogP contribution in [0.1, 0.15) is 22.3 Å². The van der Waals surface area contributed by atoms with Crippen LogP contribution in [-0.4, -0.2) is 5.97 Å². The Balaban J connectivity index is 1.86. The van der Waals surface area contributed by atoms with E-state index in [0.29, 0.717) is 12.8 Å². The van der Waals surface area contributed by atoms with Crippen molar-refractivity contribution >= 4 is 16.7 Å². The van der Waals surface area contributed by atoms with Crippen LogP contribution in [0.25, 0.3) is 10.8 Å². The van der Waals surface area contributed by atoms with Gasteiger partial charge in [-0.3, -0.25) is 0 Å². The van der Waals surface area contributed by atoms with Crippen molar-refractivity contribution in [3.05, 3.63) is 89.5 Å². The highest BCUT2D eigenvalue weighted by molar-refractivity contribution is 5.96. The Kier molecular flexibility index (Phi) is 5.26. The maximum atomic E-state index is 14.1. The van der Waals surface area contributed by atoms with E-state index < -0.39 is 29.2 Å². The number of allylic oxidation sites excluding steroid dienone is 1. The number of ether oxygens (including phenoxy) is 1. The number of benzene rings is 3. The minimum atomic E-state index is -1.59. The molecule has 0 atom stereocenters. The molecular weight excluding hydrogens is 360 g/mol. The van der Waals surface area contributed by atoms with E-state index in [1.807, 2.05) is 0 Å². The predicted molar refractivity (Wildman–Crippen MR) is 93.7 cm³/mol. The van der Waals surface area contributed by atoms with Gasteiger partial charge in [-0.05, 0) is 54.1 Å². The fourth-order valence-electron chi connectivity index (χ4n) is 2.64. The van der Waals surface area contributed by atoms with Crippen LogP contribution in [0, 0.1) is 23.3 Å². The van der Waals surface area contributed by atoms with Gasteiger partial charge in [0, 0.05) is 5.39 Å². The van der Waals surface area contributed by atoms with Gasteiger partial charge in [-0.2, -0.15) is 0 Å². The van der Waals surface area contributed by atoms with E-state index in [1.165, 1.54) is 18.2 Å². The van der Waals surface area contributed by atoms with E-state index >= 15 is 0 Å². The first-order chi connectivity index (χ1) is 12.9. The number of fused-ring (bicyclic) bond motifs is 1. The van der Waals surface area contributed by atoms with Gasteiger partial charge < -0.3 is 4.74 Å². The summed E-state index contributed by atoms with van der Waals surface area (Å²) in [5, 5.41) is -0.190. The van der Waals surface area contributed by atoms with Crippen LogP contribution < -0.4 is 4.74 Å². The number of hydrogen-bond donors (Lipinski definition) is 0. The Morgan fingerprint density at radius 2 is 1.74 bits per heavy atom. The lowest BCUT2D eigenvalue weighted by atomic mass is 10.1. The van der Waals surface area contributed by atoms with Gasteiger partial charge in [-0.1, -0.05) is 18.2 Å². The zero-order chi connectivity index (χ0) is 19.6. The van der Waals surface area contributed by atoms with Gasteiger partial charge in [0.05, 0.1) is 5.56 Å². The Labute approximate surface area is 152 Å². The third-order valence-electron chi connectivity index (χ3n) is 4.04. The van der Waals surface area contributed by atoms with Crippen LogP contribution in [-0.2, 0) is 6.42 Å². The Morgan fingerprint density at radius 3 is 2.44 bits per heavy atom. The summed E-state index contributed by atoms with van der Waals surface area (Å²) in [4.78, 5) is 12.2. The first kappa shape index (κ1) is 18.6. The molecule has 0 N–H and O–H groups in total. The van der Waals surface area contributed by atoms with Gasteiger partial charge in [-0.15, -0.1) is 6.58 Å². The molecular formula is C21H14F4O2. The van der Waals surface area contributed by atoms with E-state index in [9.17, 15) is 22.4 Å². The number of halogens is 4. The highest BCUT2D eigenvalue weighted by atomic mass is 19.2. The standard InChI is InChI=1S/C21H14F4O2/c1-2-3-4-12-5-8-18(16(22)9-12)27-21(26)13-6-7-15-14(10-13)11-17(23)20(25)19(15)24/h2,5-11H,1,3-4H2. The van der Waals surface area contributed by atoms with Crippen LogP contribution in [0.3, 0.4) is 0 Å². The Hall–Kier alpha value is -3.15. The van der Waals surface area contributed by atoms with Gasteiger partial charge in [0.25, 0.3) is 0 Å². The van der Waals surface area contributed by atoms with Crippen molar-refractivity contribution in [1.82, 2.24) is 0 Å². The van der Waals surface area contributed by atoms with Gasteiger partial charge in [0.15, 0.2) is 29.0 Å². The quantitative estimate of drug-likeness (QED) is 0.187. The van der Waals surface area contributed by atoms with E-state index in [1.54, 1.807) is 12.1 Å². The normalized spacial score (nSPS) is 10.8. The molecule has 0 amide bonds. The fourth-order valence-corrected chi connectivity index (χ4v) is 2.64. The van der Waals surface area contributed by atoms with Crippen molar-refractivity contribution in [3.63, 3.8) is 0 Å². The van der Waals surface area contributed by atoms with Gasteiger partial charge in [0.2, 0.25) is 0 Å². The summed E-state index contributed by atoms with van der Waals surface area (Å²) in [6, 6.07) is 8.49. The zero-order valence-corrected chi connectivity index (χ0v) is 14.1. The topological polar surface area (TPSA) is 26.3 Å². The molecule has 3 aromatic rings. The minimum Gasteiger partial charge on any atom is -0.420 e. The van der Waals surface area contributed by atoms with Crippen molar-refractivity contribution in [2.75, 3.05) is 0 Å². The third kappa shape index (κ3) is 3.84. The molecule has 138 valence electrons. The van der Waals surface area contributed by atoms with E-state index in [4.69, 9.17) is 4.74 Å². The monoisotopic (exact) mass is 374 g/mol. The summed E-state index contributed by atoms with van der Waals surface area (Å²) < 4.78 is 59.5. The Bertz CT molecular complexity index is 1040. The molecule has 0 saturated carbocycles. The molecule has 0 fully saturated rings. The second-order valence-electron chi connectivity index (χ2n) is 5.90. The summed E-state index contributed by atoms with van der Waals surface area (Å²) in [7, 11) is 0. The number of hydrogen-bond acceptors (Lipinski definition) is 2. The summed E-state index contributed by atoms with van der Waals surface area (Å²) in [5.41, 5.74) is 0.675. The molecule has 27 heavy (non-hydrogen) atoms. The first-order valence-electron chi connectivity index (χ1n) is 8.09. The lowest BCUT2D eigenvalue weighted by molar-refractivity contribution is 0.0728. The Morgan fingerprint density at radius 1 is 0.963 bits per heavy atom. The maximum absolute atomic E-state index is 14.1. The second kappa shape index (κ2) is 7.61. The molecule has 0 radical (unpaired) electrons. The highest BCUT2D eigenvalue weighted by Gasteiger charge is 2.17. The van der Waals surface area contributed by atoms with E-state index in [0.717, 1.165) is 23.8 Å². The molecule has 6 heteroatoms. The summed E-state index contributed by atoms with van der Waals surface area (Å²) in [5.74, 6) is -6.17. The largest absolute Gasteiger partial charge is 0.420 e. The number of aryl methyl sites for hydroxylation is 1. The average Bonchev–Trinajstić information content (AvgIpc) is 2.66. The van der Waals surface area contributed by atoms with E-state index in [2.05, 4.69) is 6.58 Å². The minimum absolute atomic E-state index is 0.0129. The van der Waals surface area contributed by atoms with Crippen LogP contribution in [0.2, 0.25) is 0 Å². The summed E-state index contributed by atoms with van der Waals surface area (Å²) in [6.45, 7) is 3.60. The lowest BCUT2D eigenvalue weighted by Crippen LogP contribution is -2.10. The number of rotatable bonds is 5. The number of carbonyl (C=O) groups excluding carboxylic acids is 1. The first-order valence-corrected chi connectivity index (χ1v) is 8.09. The fraction of sp³-hybridized carbons (Fsp3) is 0.0952. The van der Waals surface area contributed by atoms with Crippen LogP contribution in [0.4, 0.5) is 17.6 Å². The van der Waals surface area contributed by atoms with Crippen molar-refractivity contribution < 1.29 is 27.1 Å². The van der Waals surface area contributed by atoms with Gasteiger partial charge in [-0.25, -0.2) is 22.4 Å². The smallest absolute Gasteiger partial charge is 0.343 e. The molecule has 0 heterocycles. The molecule has 0 aliphatic rings. The molecule has 0 bridgehead atoms. The average molecular weight is 374 g/mol. The molecule has 3 aromatic carbocycles. The number of esters is 1. The SMILES string of the molecule is C=CCCc1ccc(OC(=O)c2ccc3c(F)c(F)c(F)cc3c2)c(F)c1. The molecule has 0 spiro atoms. The third-order valence-corrected chi connectivity index (χ3v) is 4.04. The maximum Gasteiger partial charge on any atom is 0.343 e. The molecule has 0 aliphatic heterocycles. The highest BCUT2D eigenvalue weighted by Crippen LogP contribution is 2.25. The predicted octanol–water partition coefficient (Wildman–Crippen LogP) is 5.73. The van der Waals surface area contributed by atoms with Crippen LogP contribution in [0.15, 0.2) is 55.1 Å². The summed E-state index contributed by atoms with van der Waals surface area (Å²) in [6.07, 6.45) is 3.00. The molecule has 3 rings (SSSR count). The van der Waals surface area contributed by atoms with Gasteiger partial charge in [0.1, 0.15) is 0 Å². The van der Waals surface area contributed by atoms with Crippen molar-refractivity contribution in [3.8, 4) is 5.75 Å². The molecule has 0 saturated heterocycles. The lowest BCUT2D eigenvalue weighted by Gasteiger charge is -2.08. The van der Waals surface area contributed by atoms with Crippen molar-refractivity contribution in [2.45, 2.75) is 12.8 Å². The van der Waals surface area contributed by atoms with Crippen molar-refractivity contribution in [2.24, 2.45) is 0 Å². The molecule has 0 unspecified atom stereocenters. The molecule has 2 nitrogen and oxygen atoms in total. The summed E-state index contributed by atoms with van der Waals surface area (Å²) >= 11 is 0. The van der Waals surface area contributed by atoms with E-state index in [-0.39, 0.29) is 22.1 Å². The number of carbonyl (C=O) groups is 1. The van der Waals surface area contributed by atoms with Crippen LogP contribution >= 0.6 is 0 Å². The van der Waals surface area contributed by atoms with Crippen molar-refractivity contribution in [1.29, 1.82) is 0 Å². The molecule has 0 aliphatic carbocycles.